The molecule has 0 unspecified atom stereocenters. The molecule has 0 atom stereocenters. The SMILES string of the molecule is CS(=O)(=O)CCCNCc1cc(F)ccc1Cl. The van der Waals surface area contributed by atoms with Crippen LogP contribution in [0, 0.1) is 5.82 Å². The number of halogens is 2. The van der Waals surface area contributed by atoms with E-state index in [1.807, 2.05) is 0 Å². The van der Waals surface area contributed by atoms with E-state index in [1.54, 1.807) is 0 Å². The van der Waals surface area contributed by atoms with Gasteiger partial charge in [-0.2, -0.15) is 0 Å². The molecule has 0 heterocycles. The van der Waals surface area contributed by atoms with Crippen molar-refractivity contribution in [3.05, 3.63) is 34.6 Å². The van der Waals surface area contributed by atoms with E-state index in [9.17, 15) is 12.8 Å². The van der Waals surface area contributed by atoms with E-state index < -0.39 is 9.84 Å². The predicted molar refractivity (Wildman–Crippen MR) is 67.4 cm³/mol. The minimum absolute atomic E-state index is 0.150. The number of rotatable bonds is 6. The fourth-order valence-electron chi connectivity index (χ4n) is 1.36. The molecule has 0 aliphatic heterocycles. The number of hydrogen-bond donors (Lipinski definition) is 1. The Bertz CT molecular complexity index is 476. The Labute approximate surface area is 106 Å². The average molecular weight is 280 g/mol. The zero-order chi connectivity index (χ0) is 12.9. The van der Waals surface area contributed by atoms with Crippen molar-refractivity contribution in [1.29, 1.82) is 0 Å². The highest BCUT2D eigenvalue weighted by molar-refractivity contribution is 7.90. The highest BCUT2D eigenvalue weighted by Gasteiger charge is 2.03. The first-order valence-electron chi connectivity index (χ1n) is 5.21. The van der Waals surface area contributed by atoms with Crippen LogP contribution in [0.15, 0.2) is 18.2 Å². The van der Waals surface area contributed by atoms with E-state index >= 15 is 0 Å². The van der Waals surface area contributed by atoms with Gasteiger partial charge in [-0.1, -0.05) is 11.6 Å². The fraction of sp³-hybridized carbons (Fsp3) is 0.455. The van der Waals surface area contributed by atoms with E-state index in [0.29, 0.717) is 30.1 Å². The summed E-state index contributed by atoms with van der Waals surface area (Å²) in [7, 11) is -2.91. The third-order valence-corrected chi connectivity index (χ3v) is 3.59. The molecular weight excluding hydrogens is 265 g/mol. The third kappa shape index (κ3) is 6.00. The van der Waals surface area contributed by atoms with Gasteiger partial charge < -0.3 is 5.32 Å². The fourth-order valence-corrected chi connectivity index (χ4v) is 2.21. The number of benzene rings is 1. The molecule has 1 rings (SSSR count). The lowest BCUT2D eigenvalue weighted by Gasteiger charge is -2.06. The third-order valence-electron chi connectivity index (χ3n) is 2.19. The molecule has 1 aromatic carbocycles. The summed E-state index contributed by atoms with van der Waals surface area (Å²) in [6.45, 7) is 0.986. The molecule has 96 valence electrons. The van der Waals surface area contributed by atoms with Crippen LogP contribution in [0.25, 0.3) is 0 Å². The molecule has 1 aromatic rings. The molecule has 6 heteroatoms. The van der Waals surface area contributed by atoms with Crippen LogP contribution in [0.4, 0.5) is 4.39 Å². The summed E-state index contributed by atoms with van der Waals surface area (Å²) >= 11 is 5.88. The van der Waals surface area contributed by atoms with Gasteiger partial charge >= 0.3 is 0 Å². The Morgan fingerprint density at radius 3 is 2.76 bits per heavy atom. The molecule has 0 fully saturated rings. The zero-order valence-corrected chi connectivity index (χ0v) is 11.1. The van der Waals surface area contributed by atoms with E-state index in [4.69, 9.17) is 11.6 Å². The summed E-state index contributed by atoms with van der Waals surface area (Å²) < 4.78 is 34.6. The molecule has 0 spiro atoms. The molecule has 0 aliphatic rings. The standard InChI is InChI=1S/C11H15ClFNO2S/c1-17(15,16)6-2-5-14-8-9-7-10(13)3-4-11(9)12/h3-4,7,14H,2,5-6,8H2,1H3. The Morgan fingerprint density at radius 2 is 2.12 bits per heavy atom. The van der Waals surface area contributed by atoms with E-state index in [-0.39, 0.29) is 11.6 Å². The first kappa shape index (κ1) is 14.4. The topological polar surface area (TPSA) is 46.2 Å². The van der Waals surface area contributed by atoms with Crippen molar-refractivity contribution in [2.45, 2.75) is 13.0 Å². The van der Waals surface area contributed by atoms with Crippen molar-refractivity contribution in [2.75, 3.05) is 18.6 Å². The Balaban J connectivity index is 2.34. The largest absolute Gasteiger partial charge is 0.313 e. The first-order chi connectivity index (χ1) is 7.88. The molecule has 0 saturated carbocycles. The lowest BCUT2D eigenvalue weighted by atomic mass is 10.2. The summed E-state index contributed by atoms with van der Waals surface area (Å²) in [4.78, 5) is 0. The van der Waals surface area contributed by atoms with Crippen LogP contribution in [-0.2, 0) is 16.4 Å². The van der Waals surface area contributed by atoms with Gasteiger partial charge in [0.25, 0.3) is 0 Å². The molecule has 0 radical (unpaired) electrons. The van der Waals surface area contributed by atoms with Gasteiger partial charge in [-0.3, -0.25) is 0 Å². The van der Waals surface area contributed by atoms with Crippen LogP contribution in [0.3, 0.4) is 0 Å². The predicted octanol–water partition coefficient (Wildman–Crippen LogP) is 2.00. The van der Waals surface area contributed by atoms with E-state index in [2.05, 4.69) is 5.32 Å². The second kappa shape index (κ2) is 6.33. The van der Waals surface area contributed by atoms with Gasteiger partial charge in [0.15, 0.2) is 0 Å². The van der Waals surface area contributed by atoms with Crippen molar-refractivity contribution >= 4 is 21.4 Å². The van der Waals surface area contributed by atoms with Gasteiger partial charge in [-0.25, -0.2) is 12.8 Å². The summed E-state index contributed by atoms with van der Waals surface area (Å²) in [6, 6.07) is 4.17. The lowest BCUT2D eigenvalue weighted by molar-refractivity contribution is 0.593. The van der Waals surface area contributed by atoms with Crippen molar-refractivity contribution < 1.29 is 12.8 Å². The zero-order valence-electron chi connectivity index (χ0n) is 9.54. The van der Waals surface area contributed by atoms with Gasteiger partial charge in [0, 0.05) is 17.8 Å². The molecule has 0 aliphatic carbocycles. The molecule has 0 amide bonds. The number of nitrogens with one attached hydrogen (secondary N) is 1. The number of sulfone groups is 1. The smallest absolute Gasteiger partial charge is 0.147 e. The second-order valence-corrected chi connectivity index (χ2v) is 6.56. The molecule has 17 heavy (non-hydrogen) atoms. The van der Waals surface area contributed by atoms with Crippen molar-refractivity contribution in [3.63, 3.8) is 0 Å². The lowest BCUT2D eigenvalue weighted by Crippen LogP contribution is -2.18. The maximum Gasteiger partial charge on any atom is 0.147 e. The van der Waals surface area contributed by atoms with Crippen LogP contribution in [0.5, 0.6) is 0 Å². The summed E-state index contributed by atoms with van der Waals surface area (Å²) in [5.74, 6) is -0.181. The Hall–Kier alpha value is -0.650. The van der Waals surface area contributed by atoms with Gasteiger partial charge in [0.1, 0.15) is 15.7 Å². The molecule has 0 saturated heterocycles. The Kier molecular flexibility index (Phi) is 5.36. The van der Waals surface area contributed by atoms with Crippen LogP contribution < -0.4 is 5.32 Å². The van der Waals surface area contributed by atoms with Crippen LogP contribution in [0.2, 0.25) is 5.02 Å². The van der Waals surface area contributed by atoms with Crippen LogP contribution in [-0.4, -0.2) is 27.0 Å². The molecule has 0 aromatic heterocycles. The quantitative estimate of drug-likeness (QED) is 0.810. The van der Waals surface area contributed by atoms with Gasteiger partial charge in [-0.05, 0) is 36.7 Å². The average Bonchev–Trinajstić information content (AvgIpc) is 2.21. The maximum absolute atomic E-state index is 12.9. The maximum atomic E-state index is 12.9. The second-order valence-electron chi connectivity index (χ2n) is 3.90. The molecular formula is C11H15ClFNO2S. The number of hydrogen-bond acceptors (Lipinski definition) is 3. The first-order valence-corrected chi connectivity index (χ1v) is 7.65. The van der Waals surface area contributed by atoms with Crippen molar-refractivity contribution in [1.82, 2.24) is 5.32 Å². The molecule has 3 nitrogen and oxygen atoms in total. The van der Waals surface area contributed by atoms with Crippen molar-refractivity contribution in [3.8, 4) is 0 Å². The van der Waals surface area contributed by atoms with E-state index in [1.165, 1.54) is 24.5 Å². The van der Waals surface area contributed by atoms with Crippen molar-refractivity contribution in [2.24, 2.45) is 0 Å². The minimum atomic E-state index is -2.91. The summed E-state index contributed by atoms with van der Waals surface area (Å²) in [6.07, 6.45) is 1.74. The van der Waals surface area contributed by atoms with E-state index in [0.717, 1.165) is 0 Å². The van der Waals surface area contributed by atoms with Gasteiger partial charge in [0.05, 0.1) is 5.75 Å². The summed E-state index contributed by atoms with van der Waals surface area (Å²) in [5, 5.41) is 3.53. The van der Waals surface area contributed by atoms with Gasteiger partial charge in [-0.15, -0.1) is 0 Å². The highest BCUT2D eigenvalue weighted by atomic mass is 35.5. The minimum Gasteiger partial charge on any atom is -0.313 e. The normalized spacial score (nSPS) is 11.7. The Morgan fingerprint density at radius 1 is 1.41 bits per heavy atom. The van der Waals surface area contributed by atoms with Crippen LogP contribution >= 0.6 is 11.6 Å². The highest BCUT2D eigenvalue weighted by Crippen LogP contribution is 2.16. The van der Waals surface area contributed by atoms with Gasteiger partial charge in [0.2, 0.25) is 0 Å². The van der Waals surface area contributed by atoms with Crippen LogP contribution in [0.1, 0.15) is 12.0 Å². The molecule has 1 N–H and O–H groups in total. The summed E-state index contributed by atoms with van der Waals surface area (Å²) in [5.41, 5.74) is 0.672. The monoisotopic (exact) mass is 279 g/mol. The molecule has 0 bridgehead atoms.